The van der Waals surface area contributed by atoms with Crippen LogP contribution in [-0.2, 0) is 4.79 Å². The Hall–Kier alpha value is -3.22. The molecule has 2 rings (SSSR count). The molecule has 0 saturated heterocycles. The number of benzene rings is 1. The number of carbonyl (C=O) groups excluding carboxylic acids is 2. The summed E-state index contributed by atoms with van der Waals surface area (Å²) in [6.07, 6.45) is 1.70. The highest BCUT2D eigenvalue weighted by Gasteiger charge is 2.09. The lowest BCUT2D eigenvalue weighted by Crippen LogP contribution is -2.15. The Kier molecular flexibility index (Phi) is 5.40. The lowest BCUT2D eigenvalue weighted by atomic mass is 10.2. The quantitative estimate of drug-likeness (QED) is 0.711. The summed E-state index contributed by atoms with van der Waals surface area (Å²) < 4.78 is 0. The molecule has 0 unspecified atom stereocenters. The van der Waals surface area contributed by atoms with Gasteiger partial charge in [0, 0.05) is 24.8 Å². The summed E-state index contributed by atoms with van der Waals surface area (Å²) >= 11 is 0. The zero-order valence-electron chi connectivity index (χ0n) is 12.7. The van der Waals surface area contributed by atoms with Gasteiger partial charge in [-0.2, -0.15) is 0 Å². The van der Waals surface area contributed by atoms with Gasteiger partial charge in [0.25, 0.3) is 5.91 Å². The van der Waals surface area contributed by atoms with E-state index < -0.39 is 0 Å². The van der Waals surface area contributed by atoms with Crippen LogP contribution in [0, 0.1) is 0 Å². The summed E-state index contributed by atoms with van der Waals surface area (Å²) in [7, 11) is 0. The fourth-order valence-corrected chi connectivity index (χ4v) is 1.80. The van der Waals surface area contributed by atoms with Crippen molar-refractivity contribution in [2.24, 2.45) is 0 Å². The van der Waals surface area contributed by atoms with Gasteiger partial charge in [-0.3, -0.25) is 9.59 Å². The molecule has 2 amide bonds. The summed E-state index contributed by atoms with van der Waals surface area (Å²) in [5, 5.41) is 16.1. The summed E-state index contributed by atoms with van der Waals surface area (Å²) in [5.41, 5.74) is 1.35. The van der Waals surface area contributed by atoms with Crippen molar-refractivity contribution >= 4 is 29.0 Å². The van der Waals surface area contributed by atoms with Crippen molar-refractivity contribution in [1.82, 2.24) is 10.2 Å². The lowest BCUT2D eigenvalue weighted by Gasteiger charge is -2.07. The zero-order valence-corrected chi connectivity index (χ0v) is 12.7. The topological polar surface area (TPSA) is 96.0 Å². The lowest BCUT2D eigenvalue weighted by molar-refractivity contribution is -0.114. The van der Waals surface area contributed by atoms with E-state index >= 15 is 0 Å². The molecule has 0 saturated carbocycles. The first-order valence-electron chi connectivity index (χ1n) is 6.96. The molecule has 0 radical (unpaired) electrons. The summed E-state index contributed by atoms with van der Waals surface area (Å²) in [6.45, 7) is 5.58. The highest BCUT2D eigenvalue weighted by molar-refractivity contribution is 6.03. The molecule has 0 spiro atoms. The number of hydrogen-bond donors (Lipinski definition) is 3. The van der Waals surface area contributed by atoms with Crippen LogP contribution in [0.25, 0.3) is 0 Å². The third kappa shape index (κ3) is 4.92. The van der Waals surface area contributed by atoms with E-state index in [2.05, 4.69) is 32.7 Å². The van der Waals surface area contributed by atoms with Gasteiger partial charge < -0.3 is 16.0 Å². The average Bonchev–Trinajstić information content (AvgIpc) is 2.53. The fourth-order valence-electron chi connectivity index (χ4n) is 1.80. The van der Waals surface area contributed by atoms with E-state index in [-0.39, 0.29) is 17.5 Å². The predicted octanol–water partition coefficient (Wildman–Crippen LogP) is 2.29. The smallest absolute Gasteiger partial charge is 0.276 e. The Morgan fingerprint density at radius 3 is 2.48 bits per heavy atom. The molecule has 0 bridgehead atoms. The minimum Gasteiger partial charge on any atom is -0.365 e. The third-order valence-electron chi connectivity index (χ3n) is 2.77. The molecule has 1 aromatic heterocycles. The number of anilines is 3. The van der Waals surface area contributed by atoms with Crippen LogP contribution in [0.15, 0.2) is 49.1 Å². The van der Waals surface area contributed by atoms with Crippen molar-refractivity contribution in [3.8, 4) is 0 Å². The van der Waals surface area contributed by atoms with Crippen LogP contribution >= 0.6 is 0 Å². The number of nitrogens with zero attached hydrogens (tertiary/aromatic N) is 2. The third-order valence-corrected chi connectivity index (χ3v) is 2.77. The van der Waals surface area contributed by atoms with Crippen molar-refractivity contribution in [2.75, 3.05) is 22.5 Å². The molecule has 0 aliphatic carbocycles. The van der Waals surface area contributed by atoms with Crippen LogP contribution in [0.5, 0.6) is 0 Å². The number of aromatic nitrogens is 2. The van der Waals surface area contributed by atoms with E-state index in [1.54, 1.807) is 42.5 Å². The molecule has 118 valence electrons. The van der Waals surface area contributed by atoms with Gasteiger partial charge in [-0.25, -0.2) is 0 Å². The molecular formula is C16H17N5O2. The highest BCUT2D eigenvalue weighted by atomic mass is 16.2. The maximum atomic E-state index is 12.1. The van der Waals surface area contributed by atoms with Gasteiger partial charge in [0.05, 0.1) is 0 Å². The Labute approximate surface area is 133 Å². The van der Waals surface area contributed by atoms with Crippen LogP contribution in [0.3, 0.4) is 0 Å². The number of rotatable bonds is 6. The van der Waals surface area contributed by atoms with Crippen LogP contribution in [0.1, 0.15) is 17.4 Å². The van der Waals surface area contributed by atoms with Gasteiger partial charge >= 0.3 is 0 Å². The van der Waals surface area contributed by atoms with E-state index in [0.29, 0.717) is 23.7 Å². The molecule has 1 aromatic carbocycles. The highest BCUT2D eigenvalue weighted by Crippen LogP contribution is 2.15. The van der Waals surface area contributed by atoms with E-state index in [4.69, 9.17) is 0 Å². The number of amides is 2. The summed E-state index contributed by atoms with van der Waals surface area (Å²) in [5.74, 6) is 0.00353. The molecule has 3 N–H and O–H groups in total. The van der Waals surface area contributed by atoms with Crippen LogP contribution in [-0.4, -0.2) is 28.6 Å². The minimum absolute atomic E-state index is 0.179. The van der Waals surface area contributed by atoms with Gasteiger partial charge in [0.2, 0.25) is 5.91 Å². The molecule has 2 aromatic rings. The predicted molar refractivity (Wildman–Crippen MR) is 89.4 cm³/mol. The monoisotopic (exact) mass is 311 g/mol. The van der Waals surface area contributed by atoms with Crippen LogP contribution < -0.4 is 16.0 Å². The molecule has 7 heteroatoms. The second-order valence-corrected chi connectivity index (χ2v) is 4.69. The van der Waals surface area contributed by atoms with Crippen molar-refractivity contribution < 1.29 is 9.59 Å². The number of carbonyl (C=O) groups is 2. The fraction of sp³-hybridized carbons (Fsp3) is 0.125. The van der Waals surface area contributed by atoms with Gasteiger partial charge in [0.1, 0.15) is 5.82 Å². The maximum absolute atomic E-state index is 12.1. The molecule has 0 atom stereocenters. The van der Waals surface area contributed by atoms with Crippen molar-refractivity contribution in [1.29, 1.82) is 0 Å². The molecule has 0 aliphatic heterocycles. The molecule has 1 heterocycles. The van der Waals surface area contributed by atoms with Crippen molar-refractivity contribution in [3.05, 3.63) is 54.7 Å². The van der Waals surface area contributed by atoms with Crippen molar-refractivity contribution in [2.45, 2.75) is 6.92 Å². The SMILES string of the molecule is C=CCNc1ccc(C(=O)Nc2cccc(NC(C)=O)c2)nn1. The Morgan fingerprint density at radius 1 is 1.13 bits per heavy atom. The largest absolute Gasteiger partial charge is 0.365 e. The van der Waals surface area contributed by atoms with E-state index in [1.807, 2.05) is 0 Å². The normalized spacial score (nSPS) is 9.78. The number of hydrogen-bond acceptors (Lipinski definition) is 5. The van der Waals surface area contributed by atoms with Crippen LogP contribution in [0.4, 0.5) is 17.2 Å². The van der Waals surface area contributed by atoms with E-state index in [9.17, 15) is 9.59 Å². The second-order valence-electron chi connectivity index (χ2n) is 4.69. The van der Waals surface area contributed by atoms with Gasteiger partial charge in [0.15, 0.2) is 5.69 Å². The molecular weight excluding hydrogens is 294 g/mol. The van der Waals surface area contributed by atoms with Gasteiger partial charge in [-0.1, -0.05) is 12.1 Å². The van der Waals surface area contributed by atoms with Crippen LogP contribution in [0.2, 0.25) is 0 Å². The standard InChI is InChI=1S/C16H17N5O2/c1-3-9-17-15-8-7-14(20-21-15)16(23)19-13-6-4-5-12(10-13)18-11(2)22/h3-8,10H,1,9H2,2H3,(H,17,21)(H,18,22)(H,19,23). The zero-order chi connectivity index (χ0) is 16.7. The summed E-state index contributed by atoms with van der Waals surface area (Å²) in [4.78, 5) is 23.2. The summed E-state index contributed by atoms with van der Waals surface area (Å²) in [6, 6.07) is 10.1. The van der Waals surface area contributed by atoms with Crippen molar-refractivity contribution in [3.63, 3.8) is 0 Å². The minimum atomic E-state index is -0.382. The Bertz CT molecular complexity index is 713. The first kappa shape index (κ1) is 16.2. The number of nitrogens with one attached hydrogen (secondary N) is 3. The molecule has 7 nitrogen and oxygen atoms in total. The molecule has 0 aliphatic rings. The average molecular weight is 311 g/mol. The molecule has 0 fully saturated rings. The molecule has 23 heavy (non-hydrogen) atoms. The second kappa shape index (κ2) is 7.69. The van der Waals surface area contributed by atoms with E-state index in [1.165, 1.54) is 6.92 Å². The van der Waals surface area contributed by atoms with Gasteiger partial charge in [-0.05, 0) is 30.3 Å². The maximum Gasteiger partial charge on any atom is 0.276 e. The first-order valence-corrected chi connectivity index (χ1v) is 6.96. The van der Waals surface area contributed by atoms with E-state index in [0.717, 1.165) is 0 Å². The van der Waals surface area contributed by atoms with Gasteiger partial charge in [-0.15, -0.1) is 16.8 Å². The Balaban J connectivity index is 2.03. The Morgan fingerprint density at radius 2 is 1.87 bits per heavy atom. The first-order chi connectivity index (χ1) is 11.1.